The molecule has 0 saturated heterocycles. The van der Waals surface area contributed by atoms with E-state index in [4.69, 9.17) is 15.9 Å². The van der Waals surface area contributed by atoms with Gasteiger partial charge in [0.15, 0.2) is 6.61 Å². The van der Waals surface area contributed by atoms with Crippen LogP contribution in [0.5, 0.6) is 5.75 Å². The van der Waals surface area contributed by atoms with Crippen LogP contribution in [0, 0.1) is 26.2 Å². The van der Waals surface area contributed by atoms with Crippen LogP contribution in [0.1, 0.15) is 17.5 Å². The Bertz CT molecular complexity index is 546. The molecule has 0 bridgehead atoms. The molecule has 5 heteroatoms. The molecule has 0 aliphatic carbocycles. The van der Waals surface area contributed by atoms with Crippen LogP contribution in [0.4, 0.5) is 0 Å². The Hall–Kier alpha value is -2.48. The van der Waals surface area contributed by atoms with Gasteiger partial charge in [-0.1, -0.05) is 18.1 Å². The lowest BCUT2D eigenvalue weighted by Gasteiger charge is -2.09. The Morgan fingerprint density at radius 1 is 1.33 bits per heavy atom. The standard InChI is InChI=1S/C16H19NO4/c1-4-8-17-15(18)11-21-16(19)7-9-20-14-10-12(2)5-6-13(14)3/h1,5-6,10H,7-9,11H2,2-3H3,(H,17,18). The van der Waals surface area contributed by atoms with Crippen molar-refractivity contribution < 1.29 is 19.1 Å². The summed E-state index contributed by atoms with van der Waals surface area (Å²) in [5.41, 5.74) is 2.09. The van der Waals surface area contributed by atoms with Crippen molar-refractivity contribution in [2.24, 2.45) is 0 Å². The van der Waals surface area contributed by atoms with E-state index in [1.165, 1.54) is 0 Å². The Balaban J connectivity index is 2.26. The molecule has 21 heavy (non-hydrogen) atoms. The summed E-state index contributed by atoms with van der Waals surface area (Å²) in [5, 5.41) is 2.40. The van der Waals surface area contributed by atoms with Crippen LogP contribution in [0.15, 0.2) is 18.2 Å². The van der Waals surface area contributed by atoms with Crippen LogP contribution in [0.3, 0.4) is 0 Å². The first-order chi connectivity index (χ1) is 10.0. The molecule has 112 valence electrons. The fourth-order valence-electron chi connectivity index (χ4n) is 1.53. The first-order valence-corrected chi connectivity index (χ1v) is 6.58. The zero-order valence-corrected chi connectivity index (χ0v) is 12.3. The molecular weight excluding hydrogens is 270 g/mol. The van der Waals surface area contributed by atoms with Crippen LogP contribution >= 0.6 is 0 Å². The molecule has 0 radical (unpaired) electrons. The predicted octanol–water partition coefficient (Wildman–Crippen LogP) is 1.36. The van der Waals surface area contributed by atoms with Crippen molar-refractivity contribution in [3.8, 4) is 18.1 Å². The van der Waals surface area contributed by atoms with Crippen molar-refractivity contribution in [2.75, 3.05) is 19.8 Å². The number of carbonyl (C=O) groups is 2. The molecule has 0 aromatic heterocycles. The SMILES string of the molecule is C#CCNC(=O)COC(=O)CCOc1cc(C)ccc1C. The number of hydrogen-bond donors (Lipinski definition) is 1. The van der Waals surface area contributed by atoms with E-state index in [1.54, 1.807) is 0 Å². The summed E-state index contributed by atoms with van der Waals surface area (Å²) in [5.74, 6) is 2.09. The zero-order valence-electron chi connectivity index (χ0n) is 12.3. The Labute approximate surface area is 124 Å². The minimum absolute atomic E-state index is 0.0792. The summed E-state index contributed by atoms with van der Waals surface area (Å²) in [4.78, 5) is 22.6. The van der Waals surface area contributed by atoms with Crippen LogP contribution in [-0.4, -0.2) is 31.6 Å². The molecule has 0 aliphatic rings. The minimum Gasteiger partial charge on any atom is -0.493 e. The largest absolute Gasteiger partial charge is 0.493 e. The number of amides is 1. The molecule has 1 N–H and O–H groups in total. The van der Waals surface area contributed by atoms with Gasteiger partial charge < -0.3 is 14.8 Å². The number of hydrogen-bond acceptors (Lipinski definition) is 4. The molecule has 0 heterocycles. The quantitative estimate of drug-likeness (QED) is 0.608. The number of carbonyl (C=O) groups excluding carboxylic acids is 2. The van der Waals surface area contributed by atoms with Crippen LogP contribution in [-0.2, 0) is 14.3 Å². The van der Waals surface area contributed by atoms with E-state index >= 15 is 0 Å². The van der Waals surface area contributed by atoms with Gasteiger partial charge in [-0.15, -0.1) is 6.42 Å². The first kappa shape index (κ1) is 16.6. The number of esters is 1. The fourth-order valence-corrected chi connectivity index (χ4v) is 1.53. The van der Waals surface area contributed by atoms with Gasteiger partial charge >= 0.3 is 5.97 Å². The van der Waals surface area contributed by atoms with Gasteiger partial charge in [0.1, 0.15) is 5.75 Å². The van der Waals surface area contributed by atoms with Crippen molar-refractivity contribution in [1.82, 2.24) is 5.32 Å². The van der Waals surface area contributed by atoms with Crippen molar-refractivity contribution in [2.45, 2.75) is 20.3 Å². The fraction of sp³-hybridized carbons (Fsp3) is 0.375. The van der Waals surface area contributed by atoms with Crippen molar-refractivity contribution in [3.63, 3.8) is 0 Å². The second-order valence-corrected chi connectivity index (χ2v) is 4.51. The molecule has 0 unspecified atom stereocenters. The maximum absolute atomic E-state index is 11.4. The maximum Gasteiger partial charge on any atom is 0.309 e. The highest BCUT2D eigenvalue weighted by atomic mass is 16.5. The van der Waals surface area contributed by atoms with Crippen LogP contribution < -0.4 is 10.1 Å². The number of benzene rings is 1. The Morgan fingerprint density at radius 3 is 2.81 bits per heavy atom. The summed E-state index contributed by atoms with van der Waals surface area (Å²) >= 11 is 0. The van der Waals surface area contributed by atoms with Crippen molar-refractivity contribution in [3.05, 3.63) is 29.3 Å². The number of terminal acetylenes is 1. The number of aryl methyl sites for hydroxylation is 2. The van der Waals surface area contributed by atoms with Gasteiger partial charge in [0.2, 0.25) is 0 Å². The second kappa shape index (κ2) is 8.64. The highest BCUT2D eigenvalue weighted by Crippen LogP contribution is 2.19. The summed E-state index contributed by atoms with van der Waals surface area (Å²) in [6.45, 7) is 3.89. The average Bonchev–Trinajstić information content (AvgIpc) is 2.46. The van der Waals surface area contributed by atoms with E-state index in [0.717, 1.165) is 16.9 Å². The van der Waals surface area contributed by atoms with E-state index < -0.39 is 11.9 Å². The topological polar surface area (TPSA) is 64.6 Å². The second-order valence-electron chi connectivity index (χ2n) is 4.51. The summed E-state index contributed by atoms with van der Waals surface area (Å²) in [6.07, 6.45) is 5.07. The molecule has 0 saturated carbocycles. The third-order valence-corrected chi connectivity index (χ3v) is 2.66. The lowest BCUT2D eigenvalue weighted by Crippen LogP contribution is -2.29. The highest BCUT2D eigenvalue weighted by molar-refractivity contribution is 5.80. The van der Waals surface area contributed by atoms with Crippen molar-refractivity contribution >= 4 is 11.9 Å². The monoisotopic (exact) mass is 289 g/mol. The first-order valence-electron chi connectivity index (χ1n) is 6.58. The lowest BCUT2D eigenvalue weighted by molar-refractivity contribution is -0.148. The smallest absolute Gasteiger partial charge is 0.309 e. The zero-order chi connectivity index (χ0) is 15.7. The predicted molar refractivity (Wildman–Crippen MR) is 78.8 cm³/mol. The van der Waals surface area contributed by atoms with Gasteiger partial charge in [-0.3, -0.25) is 9.59 Å². The van der Waals surface area contributed by atoms with Gasteiger partial charge in [0.25, 0.3) is 5.91 Å². The van der Waals surface area contributed by atoms with Gasteiger partial charge in [-0.25, -0.2) is 0 Å². The summed E-state index contributed by atoms with van der Waals surface area (Å²) < 4.78 is 10.3. The highest BCUT2D eigenvalue weighted by Gasteiger charge is 2.08. The van der Waals surface area contributed by atoms with Crippen LogP contribution in [0.2, 0.25) is 0 Å². The van der Waals surface area contributed by atoms with Gasteiger partial charge in [-0.2, -0.15) is 0 Å². The molecule has 0 spiro atoms. The van der Waals surface area contributed by atoms with E-state index in [0.29, 0.717) is 0 Å². The molecule has 1 amide bonds. The molecule has 0 aliphatic heterocycles. The van der Waals surface area contributed by atoms with Crippen molar-refractivity contribution in [1.29, 1.82) is 0 Å². The number of ether oxygens (including phenoxy) is 2. The summed E-state index contributed by atoms with van der Waals surface area (Å²) in [7, 11) is 0. The average molecular weight is 289 g/mol. The van der Waals surface area contributed by atoms with E-state index in [-0.39, 0.29) is 26.2 Å². The van der Waals surface area contributed by atoms with E-state index in [1.807, 2.05) is 32.0 Å². The van der Waals surface area contributed by atoms with E-state index in [9.17, 15) is 9.59 Å². The maximum atomic E-state index is 11.4. The third-order valence-electron chi connectivity index (χ3n) is 2.66. The molecule has 0 atom stereocenters. The van der Waals surface area contributed by atoms with Gasteiger partial charge in [-0.05, 0) is 31.0 Å². The van der Waals surface area contributed by atoms with Crippen LogP contribution in [0.25, 0.3) is 0 Å². The lowest BCUT2D eigenvalue weighted by atomic mass is 10.1. The molecule has 1 aromatic rings. The minimum atomic E-state index is -0.490. The van der Waals surface area contributed by atoms with Gasteiger partial charge in [0.05, 0.1) is 19.6 Å². The number of nitrogens with one attached hydrogen (secondary N) is 1. The molecular formula is C16H19NO4. The molecule has 0 fully saturated rings. The summed E-state index contributed by atoms with van der Waals surface area (Å²) in [6, 6.07) is 5.86. The normalized spacial score (nSPS) is 9.57. The molecule has 1 aromatic carbocycles. The third kappa shape index (κ3) is 6.48. The van der Waals surface area contributed by atoms with E-state index in [2.05, 4.69) is 11.2 Å². The number of rotatable bonds is 7. The van der Waals surface area contributed by atoms with Gasteiger partial charge in [0, 0.05) is 0 Å². The molecule has 1 rings (SSSR count). The Morgan fingerprint density at radius 2 is 2.10 bits per heavy atom. The molecule has 5 nitrogen and oxygen atoms in total. The Kier molecular flexibility index (Phi) is 6.82.